The van der Waals surface area contributed by atoms with Crippen LogP contribution in [-0.2, 0) is 4.74 Å². The van der Waals surface area contributed by atoms with Crippen molar-refractivity contribution in [2.45, 2.75) is 78.0 Å². The first-order chi connectivity index (χ1) is 7.96. The Morgan fingerprint density at radius 1 is 1.29 bits per heavy atom. The smallest absolute Gasteiger partial charge is 0.0726 e. The van der Waals surface area contributed by atoms with E-state index in [1.54, 1.807) is 0 Å². The molecule has 0 radical (unpaired) electrons. The van der Waals surface area contributed by atoms with Gasteiger partial charge < -0.3 is 10.1 Å². The van der Waals surface area contributed by atoms with Gasteiger partial charge in [0, 0.05) is 18.7 Å². The van der Waals surface area contributed by atoms with Crippen molar-refractivity contribution in [2.24, 2.45) is 11.3 Å². The van der Waals surface area contributed by atoms with Crippen molar-refractivity contribution in [3.63, 3.8) is 0 Å². The van der Waals surface area contributed by atoms with Gasteiger partial charge >= 0.3 is 0 Å². The highest BCUT2D eigenvalue weighted by Crippen LogP contribution is 2.38. The second-order valence-corrected chi connectivity index (χ2v) is 7.12. The van der Waals surface area contributed by atoms with E-state index in [-0.39, 0.29) is 0 Å². The summed E-state index contributed by atoms with van der Waals surface area (Å²) in [4.78, 5) is 0. The molecule has 1 saturated heterocycles. The van der Waals surface area contributed by atoms with Crippen LogP contribution < -0.4 is 5.32 Å². The maximum atomic E-state index is 5.77. The summed E-state index contributed by atoms with van der Waals surface area (Å²) in [6, 6.07) is 1.21. The van der Waals surface area contributed by atoms with E-state index in [1.165, 1.54) is 32.1 Å². The summed E-state index contributed by atoms with van der Waals surface area (Å²) < 4.78 is 5.77. The largest absolute Gasteiger partial charge is 0.377 e. The third-order valence-corrected chi connectivity index (χ3v) is 4.41. The Balaban J connectivity index is 1.85. The van der Waals surface area contributed by atoms with Crippen LogP contribution >= 0.6 is 0 Å². The van der Waals surface area contributed by atoms with Crippen LogP contribution in [0.25, 0.3) is 0 Å². The molecule has 100 valence electrons. The first kappa shape index (κ1) is 13.4. The van der Waals surface area contributed by atoms with E-state index in [0.717, 1.165) is 12.5 Å². The lowest BCUT2D eigenvalue weighted by Crippen LogP contribution is -2.47. The van der Waals surface area contributed by atoms with Crippen molar-refractivity contribution >= 4 is 0 Å². The summed E-state index contributed by atoms with van der Waals surface area (Å²) in [5.41, 5.74) is 0.506. The normalized spacial score (nSPS) is 39.2. The van der Waals surface area contributed by atoms with Crippen LogP contribution in [0.1, 0.15) is 59.8 Å². The Kier molecular flexibility index (Phi) is 4.14. The molecule has 1 aliphatic heterocycles. The monoisotopic (exact) mass is 239 g/mol. The van der Waals surface area contributed by atoms with Gasteiger partial charge in [-0.25, -0.2) is 0 Å². The van der Waals surface area contributed by atoms with Gasteiger partial charge in [0.1, 0.15) is 0 Å². The molecular formula is C15H29NO. The zero-order chi connectivity index (χ0) is 12.5. The number of nitrogens with one attached hydrogen (secondary N) is 1. The Morgan fingerprint density at radius 2 is 2.06 bits per heavy atom. The molecule has 0 amide bonds. The third kappa shape index (κ3) is 3.69. The van der Waals surface area contributed by atoms with Gasteiger partial charge in [0.15, 0.2) is 0 Å². The number of rotatable bonds is 3. The van der Waals surface area contributed by atoms with Crippen molar-refractivity contribution in [3.05, 3.63) is 0 Å². The minimum absolute atomic E-state index is 0.454. The third-order valence-electron chi connectivity index (χ3n) is 4.41. The summed E-state index contributed by atoms with van der Waals surface area (Å²) in [7, 11) is 0. The van der Waals surface area contributed by atoms with Gasteiger partial charge in [0.25, 0.3) is 0 Å². The van der Waals surface area contributed by atoms with Gasteiger partial charge in [-0.05, 0) is 50.4 Å². The van der Waals surface area contributed by atoms with Crippen LogP contribution in [0.2, 0.25) is 0 Å². The molecule has 4 unspecified atom stereocenters. The molecular weight excluding hydrogens is 210 g/mol. The highest BCUT2D eigenvalue weighted by molar-refractivity contribution is 4.89. The molecule has 1 heterocycles. The maximum Gasteiger partial charge on any atom is 0.0726 e. The Labute approximate surface area is 107 Å². The van der Waals surface area contributed by atoms with Crippen molar-refractivity contribution < 1.29 is 4.74 Å². The van der Waals surface area contributed by atoms with E-state index < -0.39 is 0 Å². The van der Waals surface area contributed by atoms with Crippen molar-refractivity contribution in [1.29, 1.82) is 0 Å². The Morgan fingerprint density at radius 3 is 2.65 bits per heavy atom. The summed E-state index contributed by atoms with van der Waals surface area (Å²) in [5.74, 6) is 0.855. The van der Waals surface area contributed by atoms with Gasteiger partial charge in [0.2, 0.25) is 0 Å². The molecule has 17 heavy (non-hydrogen) atoms. The summed E-state index contributed by atoms with van der Waals surface area (Å²) in [6.07, 6.45) is 6.95. The first-order valence-electron chi connectivity index (χ1n) is 7.34. The van der Waals surface area contributed by atoms with E-state index in [9.17, 15) is 0 Å². The van der Waals surface area contributed by atoms with Gasteiger partial charge in [-0.15, -0.1) is 0 Å². The second kappa shape index (κ2) is 5.27. The maximum absolute atomic E-state index is 5.77. The molecule has 0 bridgehead atoms. The molecule has 1 N–H and O–H groups in total. The second-order valence-electron chi connectivity index (χ2n) is 7.12. The van der Waals surface area contributed by atoms with E-state index in [2.05, 4.69) is 33.0 Å². The van der Waals surface area contributed by atoms with Crippen molar-refractivity contribution in [2.75, 3.05) is 6.61 Å². The molecule has 0 aromatic heterocycles. The zero-order valence-electron chi connectivity index (χ0n) is 12.0. The number of hydrogen-bond acceptors (Lipinski definition) is 2. The Bertz CT molecular complexity index is 245. The van der Waals surface area contributed by atoms with Gasteiger partial charge in [0.05, 0.1) is 6.10 Å². The molecule has 0 aromatic carbocycles. The predicted molar refractivity (Wildman–Crippen MR) is 72.2 cm³/mol. The van der Waals surface area contributed by atoms with E-state index in [0.29, 0.717) is 23.6 Å². The molecule has 0 spiro atoms. The minimum Gasteiger partial charge on any atom is -0.377 e. The first-order valence-corrected chi connectivity index (χ1v) is 7.34. The van der Waals surface area contributed by atoms with Crippen LogP contribution in [0.4, 0.5) is 0 Å². The van der Waals surface area contributed by atoms with Crippen molar-refractivity contribution in [1.82, 2.24) is 5.32 Å². The van der Waals surface area contributed by atoms with Gasteiger partial charge in [-0.1, -0.05) is 20.8 Å². The predicted octanol–water partition coefficient (Wildman–Crippen LogP) is 3.36. The summed E-state index contributed by atoms with van der Waals surface area (Å²) >= 11 is 0. The average molecular weight is 239 g/mol. The molecule has 4 atom stereocenters. The summed E-state index contributed by atoms with van der Waals surface area (Å²) in [6.45, 7) is 10.5. The molecule has 0 aromatic rings. The molecule has 2 fully saturated rings. The van der Waals surface area contributed by atoms with Gasteiger partial charge in [-0.3, -0.25) is 0 Å². The average Bonchev–Trinajstić information content (AvgIpc) is 2.65. The molecule has 1 aliphatic carbocycles. The van der Waals surface area contributed by atoms with Crippen LogP contribution in [0.15, 0.2) is 0 Å². The summed E-state index contributed by atoms with van der Waals surface area (Å²) in [5, 5.41) is 3.82. The number of ether oxygens (including phenoxy) is 1. The van der Waals surface area contributed by atoms with E-state index in [1.807, 2.05) is 0 Å². The van der Waals surface area contributed by atoms with E-state index >= 15 is 0 Å². The minimum atomic E-state index is 0.454. The van der Waals surface area contributed by atoms with Crippen LogP contribution in [0.5, 0.6) is 0 Å². The topological polar surface area (TPSA) is 21.3 Å². The number of hydrogen-bond donors (Lipinski definition) is 1. The zero-order valence-corrected chi connectivity index (χ0v) is 12.0. The van der Waals surface area contributed by atoms with Crippen molar-refractivity contribution in [3.8, 4) is 0 Å². The quantitative estimate of drug-likeness (QED) is 0.815. The van der Waals surface area contributed by atoms with Crippen LogP contribution in [0.3, 0.4) is 0 Å². The molecule has 2 aliphatic rings. The molecule has 2 nitrogen and oxygen atoms in total. The fourth-order valence-corrected chi connectivity index (χ4v) is 3.95. The highest BCUT2D eigenvalue weighted by Gasteiger charge is 2.33. The molecule has 1 saturated carbocycles. The fraction of sp³-hybridized carbons (Fsp3) is 1.00. The Hall–Kier alpha value is -0.0800. The SMILES string of the molecule is CC1CC(NC(C)C2CCCO2)CC(C)(C)C1. The lowest BCUT2D eigenvalue weighted by molar-refractivity contribution is 0.0669. The van der Waals surface area contributed by atoms with E-state index in [4.69, 9.17) is 4.74 Å². The lowest BCUT2D eigenvalue weighted by Gasteiger charge is -2.41. The van der Waals surface area contributed by atoms with Gasteiger partial charge in [-0.2, -0.15) is 0 Å². The van der Waals surface area contributed by atoms with Crippen LogP contribution in [0, 0.1) is 11.3 Å². The lowest BCUT2D eigenvalue weighted by atomic mass is 9.70. The molecule has 2 rings (SSSR count). The molecule has 2 heteroatoms. The van der Waals surface area contributed by atoms with Crippen LogP contribution in [-0.4, -0.2) is 24.8 Å². The standard InChI is InChI=1S/C15H29NO/c1-11-8-13(10-15(3,4)9-11)16-12(2)14-6-5-7-17-14/h11-14,16H,5-10H2,1-4H3. The fourth-order valence-electron chi connectivity index (χ4n) is 3.95. The highest BCUT2D eigenvalue weighted by atomic mass is 16.5.